The molecule has 1 atom stereocenters. The number of amides is 2. The normalized spacial score (nSPS) is 11.6. The highest BCUT2D eigenvalue weighted by molar-refractivity contribution is 5.75. The first-order valence-corrected chi connectivity index (χ1v) is 9.27. The van der Waals surface area contributed by atoms with E-state index >= 15 is 0 Å². The van der Waals surface area contributed by atoms with Crippen molar-refractivity contribution in [3.05, 3.63) is 77.9 Å². The first-order chi connectivity index (χ1) is 14.0. The van der Waals surface area contributed by atoms with Crippen LogP contribution in [0.1, 0.15) is 23.0 Å². The number of imidazole rings is 1. The van der Waals surface area contributed by atoms with Crippen molar-refractivity contribution >= 4 is 6.03 Å². The van der Waals surface area contributed by atoms with Gasteiger partial charge in [0.15, 0.2) is 0 Å². The van der Waals surface area contributed by atoms with Gasteiger partial charge in [0.1, 0.15) is 23.4 Å². The molecule has 0 fully saturated rings. The minimum atomic E-state index is -0.388. The van der Waals surface area contributed by atoms with Gasteiger partial charge in [-0.15, -0.1) is 0 Å². The van der Waals surface area contributed by atoms with Crippen molar-refractivity contribution in [2.24, 2.45) is 7.05 Å². The van der Waals surface area contributed by atoms with Gasteiger partial charge in [-0.05, 0) is 35.4 Å². The Morgan fingerprint density at radius 2 is 1.86 bits per heavy atom. The SMILES string of the molecule is COc1ccc(C(NC(=O)N(C)Cc2cccc(OC)c2)c2nccn2C)cc1. The smallest absolute Gasteiger partial charge is 0.318 e. The zero-order chi connectivity index (χ0) is 20.8. The van der Waals surface area contributed by atoms with Crippen LogP contribution >= 0.6 is 0 Å². The van der Waals surface area contributed by atoms with E-state index in [2.05, 4.69) is 10.3 Å². The Bertz CT molecular complexity index is 953. The summed E-state index contributed by atoms with van der Waals surface area (Å²) in [6, 6.07) is 14.7. The van der Waals surface area contributed by atoms with Crippen LogP contribution in [0.15, 0.2) is 60.9 Å². The molecule has 0 radical (unpaired) electrons. The number of hydrogen-bond donors (Lipinski definition) is 1. The highest BCUT2D eigenvalue weighted by Gasteiger charge is 2.22. The van der Waals surface area contributed by atoms with Crippen LogP contribution in [0.5, 0.6) is 11.5 Å². The number of methoxy groups -OCH3 is 2. The van der Waals surface area contributed by atoms with Crippen molar-refractivity contribution in [1.82, 2.24) is 19.8 Å². The van der Waals surface area contributed by atoms with Crippen molar-refractivity contribution in [2.75, 3.05) is 21.3 Å². The molecule has 1 aromatic heterocycles. The zero-order valence-corrected chi connectivity index (χ0v) is 17.1. The van der Waals surface area contributed by atoms with Crippen molar-refractivity contribution in [1.29, 1.82) is 0 Å². The Hall–Kier alpha value is -3.48. The largest absolute Gasteiger partial charge is 0.497 e. The molecule has 0 spiro atoms. The van der Waals surface area contributed by atoms with E-state index in [1.807, 2.05) is 66.3 Å². The van der Waals surface area contributed by atoms with E-state index in [0.717, 1.165) is 28.5 Å². The fourth-order valence-electron chi connectivity index (χ4n) is 3.10. The van der Waals surface area contributed by atoms with Gasteiger partial charge in [0.2, 0.25) is 0 Å². The molecule has 152 valence electrons. The van der Waals surface area contributed by atoms with Crippen molar-refractivity contribution in [3.63, 3.8) is 0 Å². The summed E-state index contributed by atoms with van der Waals surface area (Å²) < 4.78 is 12.4. The fourth-order valence-corrected chi connectivity index (χ4v) is 3.10. The number of nitrogens with zero attached hydrogens (tertiary/aromatic N) is 3. The topological polar surface area (TPSA) is 68.6 Å². The molecule has 2 amide bonds. The summed E-state index contributed by atoms with van der Waals surface area (Å²) in [6.07, 6.45) is 3.58. The summed E-state index contributed by atoms with van der Waals surface area (Å²) in [7, 11) is 6.92. The van der Waals surface area contributed by atoms with Crippen LogP contribution in [0.25, 0.3) is 0 Å². The van der Waals surface area contributed by atoms with Gasteiger partial charge in [0.25, 0.3) is 0 Å². The van der Waals surface area contributed by atoms with E-state index in [-0.39, 0.29) is 12.1 Å². The van der Waals surface area contributed by atoms with Crippen molar-refractivity contribution < 1.29 is 14.3 Å². The predicted octanol–water partition coefficient (Wildman–Crippen LogP) is 3.37. The lowest BCUT2D eigenvalue weighted by molar-refractivity contribution is 0.203. The van der Waals surface area contributed by atoms with Crippen LogP contribution in [-0.2, 0) is 13.6 Å². The number of rotatable bonds is 7. The average molecular weight is 394 g/mol. The van der Waals surface area contributed by atoms with Gasteiger partial charge < -0.3 is 24.3 Å². The van der Waals surface area contributed by atoms with Gasteiger partial charge in [0.05, 0.1) is 14.2 Å². The van der Waals surface area contributed by atoms with Crippen molar-refractivity contribution in [2.45, 2.75) is 12.6 Å². The van der Waals surface area contributed by atoms with Crippen LogP contribution in [0.2, 0.25) is 0 Å². The first kappa shape index (κ1) is 20.3. The van der Waals surface area contributed by atoms with Gasteiger partial charge in [-0.2, -0.15) is 0 Å². The van der Waals surface area contributed by atoms with Crippen LogP contribution in [0.4, 0.5) is 4.79 Å². The fraction of sp³-hybridized carbons (Fsp3) is 0.273. The van der Waals surface area contributed by atoms with Crippen molar-refractivity contribution in [3.8, 4) is 11.5 Å². The summed E-state index contributed by atoms with van der Waals surface area (Å²) in [5, 5.41) is 3.09. The standard InChI is InChI=1S/C22H26N4O3/c1-25-13-12-23-21(25)20(17-8-10-18(28-3)11-9-17)24-22(27)26(2)15-16-6-5-7-19(14-16)29-4/h5-14,20H,15H2,1-4H3,(H,24,27). The minimum absolute atomic E-state index is 0.198. The molecule has 0 bridgehead atoms. The molecule has 0 aliphatic rings. The second-order valence-corrected chi connectivity index (χ2v) is 6.76. The number of carbonyl (C=O) groups excluding carboxylic acids is 1. The monoisotopic (exact) mass is 394 g/mol. The summed E-state index contributed by atoms with van der Waals surface area (Å²) >= 11 is 0. The van der Waals surface area contributed by atoms with Crippen LogP contribution in [0.3, 0.4) is 0 Å². The zero-order valence-electron chi connectivity index (χ0n) is 17.1. The molecule has 1 heterocycles. The lowest BCUT2D eigenvalue weighted by Crippen LogP contribution is -2.40. The highest BCUT2D eigenvalue weighted by atomic mass is 16.5. The molecule has 0 aliphatic heterocycles. The van der Waals surface area contributed by atoms with E-state index in [1.54, 1.807) is 32.4 Å². The molecule has 0 aliphatic carbocycles. The summed E-state index contributed by atoms with van der Waals surface area (Å²) in [6.45, 7) is 0.457. The molecular weight excluding hydrogens is 368 g/mol. The van der Waals surface area contributed by atoms with E-state index < -0.39 is 0 Å². The molecule has 1 unspecified atom stereocenters. The lowest BCUT2D eigenvalue weighted by atomic mass is 10.1. The molecular formula is C22H26N4O3. The van der Waals surface area contributed by atoms with Crippen LogP contribution in [-0.4, -0.2) is 41.7 Å². The number of aromatic nitrogens is 2. The van der Waals surface area contributed by atoms with Gasteiger partial charge in [-0.25, -0.2) is 9.78 Å². The Balaban J connectivity index is 1.79. The Kier molecular flexibility index (Phi) is 6.39. The van der Waals surface area contributed by atoms with Crippen LogP contribution in [0, 0.1) is 0 Å². The number of hydrogen-bond acceptors (Lipinski definition) is 4. The summed E-state index contributed by atoms with van der Waals surface area (Å²) in [4.78, 5) is 19.0. The average Bonchev–Trinajstić information content (AvgIpc) is 3.17. The number of urea groups is 1. The van der Waals surface area contributed by atoms with Gasteiger partial charge in [-0.3, -0.25) is 0 Å². The predicted molar refractivity (Wildman–Crippen MR) is 111 cm³/mol. The third-order valence-corrected chi connectivity index (χ3v) is 4.73. The van der Waals surface area contributed by atoms with Gasteiger partial charge in [0, 0.05) is 33.0 Å². The van der Waals surface area contributed by atoms with E-state index in [1.165, 1.54) is 0 Å². The van der Waals surface area contributed by atoms with E-state index in [0.29, 0.717) is 6.54 Å². The molecule has 29 heavy (non-hydrogen) atoms. The first-order valence-electron chi connectivity index (χ1n) is 9.27. The number of carbonyl (C=O) groups is 1. The molecule has 3 rings (SSSR count). The second-order valence-electron chi connectivity index (χ2n) is 6.76. The Labute approximate surface area is 170 Å². The Morgan fingerprint density at radius 3 is 2.48 bits per heavy atom. The molecule has 7 nitrogen and oxygen atoms in total. The van der Waals surface area contributed by atoms with E-state index in [9.17, 15) is 4.79 Å². The maximum atomic E-state index is 12.9. The maximum absolute atomic E-state index is 12.9. The Morgan fingerprint density at radius 1 is 1.14 bits per heavy atom. The molecule has 1 N–H and O–H groups in total. The van der Waals surface area contributed by atoms with Crippen LogP contribution < -0.4 is 14.8 Å². The molecule has 0 saturated carbocycles. The quantitative estimate of drug-likeness (QED) is 0.667. The number of benzene rings is 2. The number of ether oxygens (including phenoxy) is 2. The molecule has 0 saturated heterocycles. The maximum Gasteiger partial charge on any atom is 0.318 e. The van der Waals surface area contributed by atoms with Gasteiger partial charge >= 0.3 is 6.03 Å². The lowest BCUT2D eigenvalue weighted by Gasteiger charge is -2.24. The van der Waals surface area contributed by atoms with E-state index in [4.69, 9.17) is 9.47 Å². The summed E-state index contributed by atoms with van der Waals surface area (Å²) in [5.74, 6) is 2.27. The number of aryl methyl sites for hydroxylation is 1. The third kappa shape index (κ3) is 4.87. The number of nitrogens with one attached hydrogen (secondary N) is 1. The van der Waals surface area contributed by atoms with Gasteiger partial charge in [-0.1, -0.05) is 24.3 Å². The minimum Gasteiger partial charge on any atom is -0.497 e. The third-order valence-electron chi connectivity index (χ3n) is 4.73. The molecule has 3 aromatic rings. The molecule has 7 heteroatoms. The highest BCUT2D eigenvalue weighted by Crippen LogP contribution is 2.23. The molecule has 2 aromatic carbocycles. The summed E-state index contributed by atoms with van der Waals surface area (Å²) in [5.41, 5.74) is 1.91. The second kappa shape index (κ2) is 9.14.